The van der Waals surface area contributed by atoms with Gasteiger partial charge in [-0.05, 0) is 20.3 Å². The van der Waals surface area contributed by atoms with Crippen LogP contribution in [0.15, 0.2) is 17.1 Å². The van der Waals surface area contributed by atoms with E-state index in [1.54, 1.807) is 6.92 Å². The Labute approximate surface area is 99.7 Å². The number of rotatable bonds is 1. The number of ether oxygens (including phenoxy) is 1. The van der Waals surface area contributed by atoms with Gasteiger partial charge in [-0.25, -0.2) is 4.79 Å². The SMILES string of the molecule is CC1=N[C@@](C)(C2CC3C=CC2C3=O)COC1=O. The lowest BCUT2D eigenvalue weighted by atomic mass is 9.77. The van der Waals surface area contributed by atoms with E-state index in [0.717, 1.165) is 6.42 Å². The lowest BCUT2D eigenvalue weighted by molar-refractivity contribution is -0.139. The van der Waals surface area contributed by atoms with Crippen LogP contribution in [-0.4, -0.2) is 29.6 Å². The van der Waals surface area contributed by atoms with Crippen LogP contribution < -0.4 is 0 Å². The summed E-state index contributed by atoms with van der Waals surface area (Å²) in [7, 11) is 0. The molecule has 3 rings (SSSR count). The first-order valence-corrected chi connectivity index (χ1v) is 5.97. The van der Waals surface area contributed by atoms with Crippen molar-refractivity contribution in [1.29, 1.82) is 0 Å². The molecule has 1 saturated carbocycles. The number of carbonyl (C=O) groups is 2. The number of hydrogen-bond acceptors (Lipinski definition) is 4. The van der Waals surface area contributed by atoms with E-state index < -0.39 is 5.54 Å². The molecule has 0 aromatic heterocycles. The van der Waals surface area contributed by atoms with Gasteiger partial charge in [0, 0.05) is 17.8 Å². The highest BCUT2D eigenvalue weighted by Gasteiger charge is 2.52. The molecule has 4 heteroatoms. The summed E-state index contributed by atoms with van der Waals surface area (Å²) < 4.78 is 5.16. The van der Waals surface area contributed by atoms with Gasteiger partial charge in [-0.1, -0.05) is 12.2 Å². The summed E-state index contributed by atoms with van der Waals surface area (Å²) in [6.45, 7) is 3.94. The molecule has 1 heterocycles. The largest absolute Gasteiger partial charge is 0.459 e. The number of allylic oxidation sites excluding steroid dienone is 2. The van der Waals surface area contributed by atoms with E-state index in [2.05, 4.69) is 4.99 Å². The molecule has 0 radical (unpaired) electrons. The Kier molecular flexibility index (Phi) is 2.06. The Hall–Kier alpha value is -1.45. The average molecular weight is 233 g/mol. The lowest BCUT2D eigenvalue weighted by Gasteiger charge is -2.37. The molecule has 4 atom stereocenters. The fraction of sp³-hybridized carbons (Fsp3) is 0.615. The highest BCUT2D eigenvalue weighted by atomic mass is 16.5. The second-order valence-corrected chi connectivity index (χ2v) is 5.39. The minimum absolute atomic E-state index is 0.0293. The van der Waals surface area contributed by atoms with E-state index >= 15 is 0 Å². The summed E-state index contributed by atoms with van der Waals surface area (Å²) in [5.74, 6) is 0.176. The third-order valence-electron chi connectivity index (χ3n) is 4.20. The molecule has 3 unspecified atom stereocenters. The number of aliphatic imine (C=N–C) groups is 1. The van der Waals surface area contributed by atoms with Crippen LogP contribution in [0.4, 0.5) is 0 Å². The van der Waals surface area contributed by atoms with Gasteiger partial charge in [0.15, 0.2) is 0 Å². The van der Waals surface area contributed by atoms with Crippen LogP contribution in [0.3, 0.4) is 0 Å². The summed E-state index contributed by atoms with van der Waals surface area (Å²) in [5.41, 5.74) is -0.0179. The maximum atomic E-state index is 11.9. The molecule has 0 aromatic carbocycles. The average Bonchev–Trinajstić information content (AvgIpc) is 2.81. The van der Waals surface area contributed by atoms with Crippen molar-refractivity contribution >= 4 is 17.5 Å². The number of nitrogens with zero attached hydrogens (tertiary/aromatic N) is 1. The van der Waals surface area contributed by atoms with Gasteiger partial charge >= 0.3 is 5.97 Å². The van der Waals surface area contributed by atoms with E-state index in [1.165, 1.54) is 0 Å². The smallest absolute Gasteiger partial charge is 0.352 e. The first-order valence-electron chi connectivity index (χ1n) is 5.97. The monoisotopic (exact) mass is 233 g/mol. The third kappa shape index (κ3) is 1.39. The third-order valence-corrected chi connectivity index (χ3v) is 4.20. The van der Waals surface area contributed by atoms with Crippen LogP contribution in [0.25, 0.3) is 0 Å². The normalized spacial score (nSPS) is 43.9. The molecule has 2 aliphatic carbocycles. The van der Waals surface area contributed by atoms with Crippen LogP contribution in [0, 0.1) is 17.8 Å². The predicted octanol–water partition coefficient (Wildman–Crippen LogP) is 1.15. The summed E-state index contributed by atoms with van der Waals surface area (Å²) in [4.78, 5) is 27.7. The molecule has 90 valence electrons. The number of Topliss-reactive ketones (excluding diaryl/α,β-unsaturated/α-hetero) is 1. The maximum absolute atomic E-state index is 11.9. The van der Waals surface area contributed by atoms with Crippen LogP contribution in [0.2, 0.25) is 0 Å². The molecule has 4 nitrogen and oxygen atoms in total. The highest BCUT2D eigenvalue weighted by Crippen LogP contribution is 2.47. The van der Waals surface area contributed by atoms with Gasteiger partial charge in [-0.2, -0.15) is 0 Å². The van der Waals surface area contributed by atoms with Crippen molar-refractivity contribution in [3.8, 4) is 0 Å². The number of carbonyl (C=O) groups excluding carboxylic acids is 2. The summed E-state index contributed by atoms with van der Waals surface area (Å²) >= 11 is 0. The zero-order valence-electron chi connectivity index (χ0n) is 9.97. The van der Waals surface area contributed by atoms with Gasteiger partial charge in [0.05, 0.1) is 5.54 Å². The van der Waals surface area contributed by atoms with Gasteiger partial charge in [-0.15, -0.1) is 0 Å². The zero-order chi connectivity index (χ0) is 12.2. The highest BCUT2D eigenvalue weighted by molar-refractivity contribution is 6.35. The first kappa shape index (κ1) is 10.7. The van der Waals surface area contributed by atoms with Crippen molar-refractivity contribution < 1.29 is 14.3 Å². The molecular weight excluding hydrogens is 218 g/mol. The maximum Gasteiger partial charge on any atom is 0.352 e. The molecule has 2 bridgehead atoms. The Morgan fingerprint density at radius 3 is 2.71 bits per heavy atom. The summed E-state index contributed by atoms with van der Waals surface area (Å²) in [6, 6.07) is 0. The Bertz CT molecular complexity index is 465. The van der Waals surface area contributed by atoms with Crippen LogP contribution in [0.5, 0.6) is 0 Å². The summed E-state index contributed by atoms with van der Waals surface area (Å²) in [6.07, 6.45) is 4.83. The van der Waals surface area contributed by atoms with Crippen molar-refractivity contribution in [3.63, 3.8) is 0 Å². The van der Waals surface area contributed by atoms with E-state index in [1.807, 2.05) is 19.1 Å². The predicted molar refractivity (Wildman–Crippen MR) is 61.7 cm³/mol. The quantitative estimate of drug-likeness (QED) is 0.504. The van der Waals surface area contributed by atoms with Crippen molar-refractivity contribution in [3.05, 3.63) is 12.2 Å². The molecule has 0 N–H and O–H groups in total. The van der Waals surface area contributed by atoms with Gasteiger partial charge in [0.2, 0.25) is 0 Å². The van der Waals surface area contributed by atoms with Crippen molar-refractivity contribution in [2.24, 2.45) is 22.7 Å². The van der Waals surface area contributed by atoms with E-state index in [-0.39, 0.29) is 30.3 Å². The topological polar surface area (TPSA) is 55.7 Å². The van der Waals surface area contributed by atoms with Crippen LogP contribution in [-0.2, 0) is 14.3 Å². The summed E-state index contributed by atoms with van der Waals surface area (Å²) in [5, 5.41) is 0. The lowest BCUT2D eigenvalue weighted by Crippen LogP contribution is -2.46. The first-order chi connectivity index (χ1) is 8.01. The van der Waals surface area contributed by atoms with Crippen molar-refractivity contribution in [2.45, 2.75) is 25.8 Å². The Morgan fingerprint density at radius 1 is 1.41 bits per heavy atom. The second-order valence-electron chi connectivity index (χ2n) is 5.39. The molecular formula is C13H15NO3. The number of esters is 1. The van der Waals surface area contributed by atoms with Gasteiger partial charge in [0.25, 0.3) is 0 Å². The van der Waals surface area contributed by atoms with Gasteiger partial charge in [0.1, 0.15) is 18.1 Å². The molecule has 1 aliphatic heterocycles. The van der Waals surface area contributed by atoms with E-state index in [0.29, 0.717) is 11.5 Å². The molecule has 3 aliphatic rings. The number of hydrogen-bond donors (Lipinski definition) is 0. The molecule has 0 amide bonds. The van der Waals surface area contributed by atoms with Crippen molar-refractivity contribution in [1.82, 2.24) is 0 Å². The Balaban J connectivity index is 1.93. The minimum atomic E-state index is -0.433. The van der Waals surface area contributed by atoms with Crippen LogP contribution >= 0.6 is 0 Å². The molecule has 0 spiro atoms. The van der Waals surface area contributed by atoms with Crippen LogP contribution in [0.1, 0.15) is 20.3 Å². The number of ketones is 1. The van der Waals surface area contributed by atoms with Crippen molar-refractivity contribution in [2.75, 3.05) is 6.61 Å². The van der Waals surface area contributed by atoms with Gasteiger partial charge in [-0.3, -0.25) is 9.79 Å². The second kappa shape index (κ2) is 3.28. The van der Waals surface area contributed by atoms with E-state index in [9.17, 15) is 9.59 Å². The fourth-order valence-corrected chi connectivity index (χ4v) is 3.25. The molecule has 1 fully saturated rings. The molecule has 0 saturated heterocycles. The molecule has 0 aromatic rings. The number of fused-ring (bicyclic) bond motifs is 2. The minimum Gasteiger partial charge on any atom is -0.459 e. The standard InChI is InChI=1S/C13H15NO3/c1-7-12(16)17-6-13(2,14-7)10-5-8-3-4-9(10)11(8)15/h3-4,8-10H,5-6H2,1-2H3/t8?,9?,10?,13-/m1/s1. The van der Waals surface area contributed by atoms with E-state index in [4.69, 9.17) is 4.74 Å². The molecule has 17 heavy (non-hydrogen) atoms. The Morgan fingerprint density at radius 2 is 2.18 bits per heavy atom. The number of cyclic esters (lactones) is 1. The fourth-order valence-electron chi connectivity index (χ4n) is 3.25. The van der Waals surface area contributed by atoms with Gasteiger partial charge < -0.3 is 4.74 Å². The zero-order valence-corrected chi connectivity index (χ0v) is 9.97.